The summed E-state index contributed by atoms with van der Waals surface area (Å²) in [6, 6.07) is 18.9. The van der Waals surface area contributed by atoms with Crippen molar-refractivity contribution in [1.29, 1.82) is 0 Å². The third-order valence-electron chi connectivity index (χ3n) is 6.08. The molecule has 2 saturated heterocycles. The Balaban J connectivity index is 1.58. The van der Waals surface area contributed by atoms with Crippen LogP contribution in [0.25, 0.3) is 5.69 Å². The normalized spacial score (nSPS) is 23.7. The number of aryl methyl sites for hydroxylation is 1. The molecule has 1 N–H and O–H groups in total. The molecule has 2 fully saturated rings. The highest BCUT2D eigenvalue weighted by Crippen LogP contribution is 2.40. The Morgan fingerprint density at radius 3 is 2.77 bits per heavy atom. The first-order chi connectivity index (χ1) is 14.7. The standard InChI is InChI=1S/C24H26N4OS/c1-17-8-2-3-11-20(17)27-14-6-12-21(27)23-22(19-10-4-5-13-25-19)26-24(30)28(23)16-18-9-7-15-29-18/h2-6,8,10-14,18,22-23H,7,9,15-16H2,1H3,(H,26,30)/t18-,22+,23-/m0/s1. The summed E-state index contributed by atoms with van der Waals surface area (Å²) in [6.07, 6.45) is 6.40. The molecule has 6 heteroatoms. The second kappa shape index (κ2) is 8.20. The van der Waals surface area contributed by atoms with E-state index in [1.807, 2.05) is 18.3 Å². The number of nitrogens with zero attached hydrogens (tertiary/aromatic N) is 3. The number of pyridine rings is 1. The molecule has 2 aliphatic rings. The second-order valence-corrected chi connectivity index (χ2v) is 8.39. The van der Waals surface area contributed by atoms with Crippen LogP contribution in [0.1, 0.15) is 41.9 Å². The van der Waals surface area contributed by atoms with Crippen molar-refractivity contribution < 1.29 is 4.74 Å². The van der Waals surface area contributed by atoms with Gasteiger partial charge in [-0.1, -0.05) is 24.3 Å². The van der Waals surface area contributed by atoms with E-state index in [-0.39, 0.29) is 18.2 Å². The largest absolute Gasteiger partial charge is 0.376 e. The molecular weight excluding hydrogens is 392 g/mol. The maximum absolute atomic E-state index is 5.95. The molecule has 4 heterocycles. The molecule has 154 valence electrons. The summed E-state index contributed by atoms with van der Waals surface area (Å²) in [6.45, 7) is 3.78. The van der Waals surface area contributed by atoms with Gasteiger partial charge >= 0.3 is 0 Å². The number of para-hydroxylation sites is 1. The van der Waals surface area contributed by atoms with E-state index >= 15 is 0 Å². The summed E-state index contributed by atoms with van der Waals surface area (Å²) in [5, 5.41) is 4.32. The van der Waals surface area contributed by atoms with Crippen molar-refractivity contribution in [1.82, 2.24) is 19.8 Å². The van der Waals surface area contributed by atoms with E-state index in [4.69, 9.17) is 17.0 Å². The van der Waals surface area contributed by atoms with Crippen LogP contribution in [-0.2, 0) is 4.74 Å². The Labute approximate surface area is 182 Å². The minimum Gasteiger partial charge on any atom is -0.376 e. The highest BCUT2D eigenvalue weighted by molar-refractivity contribution is 7.80. The molecule has 1 aromatic carbocycles. The van der Waals surface area contributed by atoms with Crippen LogP contribution in [0.4, 0.5) is 0 Å². The molecule has 3 aromatic rings. The quantitative estimate of drug-likeness (QED) is 0.625. The van der Waals surface area contributed by atoms with Crippen LogP contribution in [0.2, 0.25) is 0 Å². The summed E-state index contributed by atoms with van der Waals surface area (Å²) in [4.78, 5) is 6.95. The third kappa shape index (κ3) is 3.50. The van der Waals surface area contributed by atoms with Gasteiger partial charge in [-0.25, -0.2) is 0 Å². The zero-order valence-corrected chi connectivity index (χ0v) is 17.9. The number of hydrogen-bond acceptors (Lipinski definition) is 3. The van der Waals surface area contributed by atoms with E-state index in [1.165, 1.54) is 16.9 Å². The average Bonchev–Trinajstić information content (AvgIpc) is 3.51. The van der Waals surface area contributed by atoms with Crippen molar-refractivity contribution in [2.75, 3.05) is 13.2 Å². The fraction of sp³-hybridized carbons (Fsp3) is 0.333. The third-order valence-corrected chi connectivity index (χ3v) is 6.43. The summed E-state index contributed by atoms with van der Waals surface area (Å²) in [7, 11) is 0. The molecule has 0 unspecified atom stereocenters. The molecule has 0 saturated carbocycles. The zero-order chi connectivity index (χ0) is 20.5. The molecule has 3 atom stereocenters. The lowest BCUT2D eigenvalue weighted by molar-refractivity contribution is 0.0836. The Bertz CT molecular complexity index is 1030. The predicted molar refractivity (Wildman–Crippen MR) is 122 cm³/mol. The van der Waals surface area contributed by atoms with Crippen molar-refractivity contribution in [3.05, 3.63) is 83.9 Å². The van der Waals surface area contributed by atoms with Gasteiger partial charge in [-0.2, -0.15) is 0 Å². The smallest absolute Gasteiger partial charge is 0.170 e. The molecule has 30 heavy (non-hydrogen) atoms. The summed E-state index contributed by atoms with van der Waals surface area (Å²) in [5.41, 5.74) is 4.62. The van der Waals surface area contributed by atoms with Gasteiger partial charge in [0.05, 0.1) is 23.9 Å². The Hall–Kier alpha value is -2.70. The van der Waals surface area contributed by atoms with Gasteiger partial charge in [0, 0.05) is 36.9 Å². The van der Waals surface area contributed by atoms with Crippen molar-refractivity contribution in [2.45, 2.75) is 38.0 Å². The van der Waals surface area contributed by atoms with Crippen molar-refractivity contribution in [3.8, 4) is 5.69 Å². The molecule has 2 aromatic heterocycles. The minimum absolute atomic E-state index is 0.0160. The number of ether oxygens (including phenoxy) is 1. The lowest BCUT2D eigenvalue weighted by Crippen LogP contribution is -2.36. The predicted octanol–water partition coefficient (Wildman–Crippen LogP) is 4.33. The van der Waals surface area contributed by atoms with E-state index in [9.17, 15) is 0 Å². The molecule has 0 amide bonds. The lowest BCUT2D eigenvalue weighted by Gasteiger charge is -2.30. The van der Waals surface area contributed by atoms with E-state index < -0.39 is 0 Å². The number of hydrogen-bond donors (Lipinski definition) is 1. The van der Waals surface area contributed by atoms with Crippen LogP contribution in [0, 0.1) is 6.92 Å². The molecule has 0 radical (unpaired) electrons. The first-order valence-electron chi connectivity index (χ1n) is 10.6. The average molecular weight is 419 g/mol. The first-order valence-corrected chi connectivity index (χ1v) is 11.0. The van der Waals surface area contributed by atoms with Crippen LogP contribution in [-0.4, -0.2) is 38.8 Å². The van der Waals surface area contributed by atoms with Crippen LogP contribution < -0.4 is 5.32 Å². The van der Waals surface area contributed by atoms with Crippen molar-refractivity contribution >= 4 is 17.3 Å². The monoisotopic (exact) mass is 418 g/mol. The summed E-state index contributed by atoms with van der Waals surface area (Å²) < 4.78 is 8.24. The van der Waals surface area contributed by atoms with Gasteiger partial charge in [0.25, 0.3) is 0 Å². The highest BCUT2D eigenvalue weighted by atomic mass is 32.1. The number of nitrogens with one attached hydrogen (secondary N) is 1. The summed E-state index contributed by atoms with van der Waals surface area (Å²) in [5.74, 6) is 0. The fourth-order valence-corrected chi connectivity index (χ4v) is 4.93. The number of benzene rings is 1. The molecule has 0 aliphatic carbocycles. The maximum atomic E-state index is 5.95. The molecule has 2 aliphatic heterocycles. The van der Waals surface area contributed by atoms with E-state index in [0.29, 0.717) is 0 Å². The lowest BCUT2D eigenvalue weighted by atomic mass is 10.0. The molecule has 5 rings (SSSR count). The first kappa shape index (κ1) is 19.3. The van der Waals surface area contributed by atoms with Gasteiger partial charge in [0.1, 0.15) is 0 Å². The van der Waals surface area contributed by atoms with Crippen molar-refractivity contribution in [3.63, 3.8) is 0 Å². The Morgan fingerprint density at radius 1 is 1.13 bits per heavy atom. The van der Waals surface area contributed by atoms with Gasteiger partial charge in [-0.15, -0.1) is 0 Å². The molecule has 0 spiro atoms. The van der Waals surface area contributed by atoms with Gasteiger partial charge in [0.15, 0.2) is 5.11 Å². The fourth-order valence-electron chi connectivity index (χ4n) is 4.62. The minimum atomic E-state index is -0.0160. The number of thiocarbonyl (C=S) groups is 1. The van der Waals surface area contributed by atoms with Crippen LogP contribution in [0.3, 0.4) is 0 Å². The number of aromatic nitrogens is 2. The van der Waals surface area contributed by atoms with Gasteiger partial charge in [-0.05, 0) is 67.9 Å². The maximum Gasteiger partial charge on any atom is 0.170 e. The van der Waals surface area contributed by atoms with E-state index in [1.54, 1.807) is 0 Å². The zero-order valence-electron chi connectivity index (χ0n) is 17.1. The molecule has 0 bridgehead atoms. The Morgan fingerprint density at radius 2 is 2.00 bits per heavy atom. The van der Waals surface area contributed by atoms with Gasteiger partial charge < -0.3 is 19.5 Å². The van der Waals surface area contributed by atoms with Crippen LogP contribution >= 0.6 is 12.2 Å². The van der Waals surface area contributed by atoms with E-state index in [0.717, 1.165) is 36.8 Å². The summed E-state index contributed by atoms with van der Waals surface area (Å²) >= 11 is 5.81. The van der Waals surface area contributed by atoms with Gasteiger partial charge in [0.2, 0.25) is 0 Å². The van der Waals surface area contributed by atoms with Gasteiger partial charge in [-0.3, -0.25) is 4.98 Å². The topological polar surface area (TPSA) is 42.3 Å². The number of rotatable bonds is 5. The molecule has 5 nitrogen and oxygen atoms in total. The van der Waals surface area contributed by atoms with Crippen LogP contribution in [0.5, 0.6) is 0 Å². The molecular formula is C24H26N4OS. The highest BCUT2D eigenvalue weighted by Gasteiger charge is 2.42. The second-order valence-electron chi connectivity index (χ2n) is 8.00. The van der Waals surface area contributed by atoms with Crippen molar-refractivity contribution in [2.24, 2.45) is 0 Å². The van der Waals surface area contributed by atoms with E-state index in [2.05, 4.69) is 75.4 Å². The van der Waals surface area contributed by atoms with Crippen LogP contribution in [0.15, 0.2) is 67.0 Å². The Kier molecular flexibility index (Phi) is 5.27. The SMILES string of the molecule is Cc1ccccc1-n1cccc1[C@H]1[C@@H](c2ccccn2)NC(=S)N1C[C@@H]1CCCO1.